The highest BCUT2D eigenvalue weighted by atomic mass is 16.2. The molecular weight excluding hydrogens is 204 g/mol. The topological polar surface area (TPSA) is 79.2 Å². The van der Waals surface area contributed by atoms with Gasteiger partial charge >= 0.3 is 0 Å². The van der Waals surface area contributed by atoms with Crippen molar-refractivity contribution in [2.75, 3.05) is 5.32 Å². The average molecular weight is 220 g/mol. The lowest BCUT2D eigenvalue weighted by Crippen LogP contribution is -2.48. The number of hydrogen-bond acceptors (Lipinski definition) is 4. The molecule has 86 valence electrons. The van der Waals surface area contributed by atoms with E-state index in [-0.39, 0.29) is 18.0 Å². The number of rotatable bonds is 2. The van der Waals surface area contributed by atoms with Crippen LogP contribution in [0.15, 0.2) is 30.3 Å². The summed E-state index contributed by atoms with van der Waals surface area (Å²) in [4.78, 5) is 11.9. The minimum Gasteiger partial charge on any atom is -0.325 e. The Morgan fingerprint density at radius 3 is 2.56 bits per heavy atom. The second-order valence-corrected chi connectivity index (χ2v) is 3.99. The second-order valence-electron chi connectivity index (χ2n) is 3.99. The highest BCUT2D eigenvalue weighted by Gasteiger charge is 2.34. The van der Waals surface area contributed by atoms with Crippen molar-refractivity contribution >= 4 is 11.6 Å². The minimum atomic E-state index is -0.393. The molecule has 0 radical (unpaired) electrons. The van der Waals surface area contributed by atoms with Crippen LogP contribution in [0.25, 0.3) is 0 Å². The molecule has 0 aromatic heterocycles. The number of amides is 1. The summed E-state index contributed by atoms with van der Waals surface area (Å²) in [6.45, 7) is 1.94. The van der Waals surface area contributed by atoms with Crippen LogP contribution in [0.1, 0.15) is 6.92 Å². The van der Waals surface area contributed by atoms with Crippen LogP contribution in [-0.2, 0) is 4.79 Å². The molecule has 1 aromatic carbocycles. The van der Waals surface area contributed by atoms with Gasteiger partial charge in [-0.25, -0.2) is 5.43 Å². The number of para-hydroxylation sites is 1. The fourth-order valence-corrected chi connectivity index (χ4v) is 1.68. The van der Waals surface area contributed by atoms with Gasteiger partial charge in [0.2, 0.25) is 5.91 Å². The predicted molar refractivity (Wildman–Crippen MR) is 62.6 cm³/mol. The molecule has 1 fully saturated rings. The van der Waals surface area contributed by atoms with Crippen molar-refractivity contribution in [3.63, 3.8) is 0 Å². The van der Waals surface area contributed by atoms with E-state index in [2.05, 4.69) is 16.2 Å². The smallest absolute Gasteiger partial charge is 0.244 e. The number of nitrogens with two attached hydrogens (primary N) is 1. The van der Waals surface area contributed by atoms with E-state index < -0.39 is 6.04 Å². The first-order chi connectivity index (χ1) is 7.68. The lowest BCUT2D eigenvalue weighted by Gasteiger charge is -2.15. The van der Waals surface area contributed by atoms with E-state index in [1.54, 1.807) is 0 Å². The lowest BCUT2D eigenvalue weighted by atomic mass is 10.1. The van der Waals surface area contributed by atoms with E-state index in [4.69, 9.17) is 5.73 Å². The largest absolute Gasteiger partial charge is 0.325 e. The van der Waals surface area contributed by atoms with Crippen molar-refractivity contribution in [2.24, 2.45) is 5.73 Å². The first-order valence-electron chi connectivity index (χ1n) is 5.31. The van der Waals surface area contributed by atoms with Crippen molar-refractivity contribution in [1.82, 2.24) is 10.9 Å². The molecule has 1 aliphatic heterocycles. The van der Waals surface area contributed by atoms with Gasteiger partial charge in [-0.1, -0.05) is 18.2 Å². The predicted octanol–water partition coefficient (Wildman–Crippen LogP) is -0.183. The van der Waals surface area contributed by atoms with Crippen LogP contribution in [-0.4, -0.2) is 24.0 Å². The molecule has 2 rings (SSSR count). The van der Waals surface area contributed by atoms with Gasteiger partial charge in [-0.15, -0.1) is 0 Å². The number of anilines is 1. The standard InChI is InChI=1S/C11H16N4O/c1-7-9(12)10(15-14-7)11(16)13-8-5-3-2-4-6-8/h2-7,9-10,14-15H,12H2,1H3,(H,13,16). The Bertz CT molecular complexity index is 368. The zero-order chi connectivity index (χ0) is 11.5. The Morgan fingerprint density at radius 1 is 1.31 bits per heavy atom. The van der Waals surface area contributed by atoms with Gasteiger partial charge in [0.05, 0.1) is 0 Å². The number of hydrogen-bond donors (Lipinski definition) is 4. The Morgan fingerprint density at radius 2 is 2.00 bits per heavy atom. The van der Waals surface area contributed by atoms with E-state index in [9.17, 15) is 4.79 Å². The van der Waals surface area contributed by atoms with Crippen molar-refractivity contribution in [1.29, 1.82) is 0 Å². The monoisotopic (exact) mass is 220 g/mol. The number of benzene rings is 1. The Labute approximate surface area is 94.4 Å². The van der Waals surface area contributed by atoms with Crippen LogP contribution in [0.3, 0.4) is 0 Å². The Hall–Kier alpha value is -1.43. The minimum absolute atomic E-state index is 0.0894. The second kappa shape index (κ2) is 4.61. The number of nitrogens with one attached hydrogen (secondary N) is 3. The third-order valence-corrected chi connectivity index (χ3v) is 2.75. The molecule has 1 aliphatic rings. The third kappa shape index (κ3) is 2.21. The maximum atomic E-state index is 11.9. The molecule has 0 saturated carbocycles. The molecule has 3 unspecified atom stereocenters. The first-order valence-corrected chi connectivity index (χ1v) is 5.31. The Kier molecular flexibility index (Phi) is 3.19. The summed E-state index contributed by atoms with van der Waals surface area (Å²) < 4.78 is 0. The van der Waals surface area contributed by atoms with Crippen LogP contribution >= 0.6 is 0 Å². The fraction of sp³-hybridized carbons (Fsp3) is 0.364. The van der Waals surface area contributed by atoms with Gasteiger partial charge in [0, 0.05) is 17.8 Å². The van der Waals surface area contributed by atoms with Crippen LogP contribution < -0.4 is 21.9 Å². The van der Waals surface area contributed by atoms with E-state index in [0.717, 1.165) is 5.69 Å². The molecule has 0 spiro atoms. The van der Waals surface area contributed by atoms with Crippen molar-refractivity contribution in [2.45, 2.75) is 25.0 Å². The van der Waals surface area contributed by atoms with Crippen LogP contribution in [0, 0.1) is 0 Å². The van der Waals surface area contributed by atoms with E-state index in [1.807, 2.05) is 37.3 Å². The first kappa shape index (κ1) is 11.1. The summed E-state index contributed by atoms with van der Waals surface area (Å²) in [7, 11) is 0. The summed E-state index contributed by atoms with van der Waals surface area (Å²) in [5.74, 6) is -0.115. The molecule has 1 amide bonds. The van der Waals surface area contributed by atoms with E-state index in [1.165, 1.54) is 0 Å². The average Bonchev–Trinajstić information content (AvgIpc) is 2.61. The summed E-state index contributed by atoms with van der Waals surface area (Å²) in [5, 5.41) is 2.81. The number of carbonyl (C=O) groups is 1. The molecule has 0 aliphatic carbocycles. The Balaban J connectivity index is 1.99. The normalized spacial score (nSPS) is 29.0. The molecule has 3 atom stereocenters. The summed E-state index contributed by atoms with van der Waals surface area (Å²) in [6.07, 6.45) is 0. The molecule has 16 heavy (non-hydrogen) atoms. The van der Waals surface area contributed by atoms with Crippen molar-refractivity contribution in [3.05, 3.63) is 30.3 Å². The molecule has 1 saturated heterocycles. The fourth-order valence-electron chi connectivity index (χ4n) is 1.68. The summed E-state index contributed by atoms with van der Waals surface area (Å²) >= 11 is 0. The van der Waals surface area contributed by atoms with Gasteiger partial charge in [-0.3, -0.25) is 10.2 Å². The van der Waals surface area contributed by atoms with Crippen molar-refractivity contribution in [3.8, 4) is 0 Å². The quantitative estimate of drug-likeness (QED) is 0.557. The zero-order valence-electron chi connectivity index (χ0n) is 9.10. The lowest BCUT2D eigenvalue weighted by molar-refractivity contribution is -0.118. The molecule has 5 nitrogen and oxygen atoms in total. The van der Waals surface area contributed by atoms with Gasteiger partial charge < -0.3 is 11.1 Å². The van der Waals surface area contributed by atoms with Gasteiger partial charge in [0.15, 0.2) is 0 Å². The molecule has 1 heterocycles. The van der Waals surface area contributed by atoms with Gasteiger partial charge in [0.1, 0.15) is 6.04 Å². The van der Waals surface area contributed by atoms with Crippen LogP contribution in [0.4, 0.5) is 5.69 Å². The number of carbonyl (C=O) groups excluding carboxylic acids is 1. The van der Waals surface area contributed by atoms with E-state index >= 15 is 0 Å². The maximum absolute atomic E-state index is 11.9. The zero-order valence-corrected chi connectivity index (χ0v) is 9.10. The summed E-state index contributed by atoms with van der Waals surface area (Å²) in [5.41, 5.74) is 12.5. The third-order valence-electron chi connectivity index (χ3n) is 2.75. The van der Waals surface area contributed by atoms with Gasteiger partial charge in [-0.05, 0) is 19.1 Å². The molecule has 1 aromatic rings. The molecule has 5 heteroatoms. The molecule has 5 N–H and O–H groups in total. The van der Waals surface area contributed by atoms with Crippen LogP contribution in [0.5, 0.6) is 0 Å². The molecular formula is C11H16N4O. The number of hydrazine groups is 1. The summed E-state index contributed by atoms with van der Waals surface area (Å²) in [6, 6.07) is 8.81. The molecule has 0 bridgehead atoms. The van der Waals surface area contributed by atoms with Crippen LogP contribution in [0.2, 0.25) is 0 Å². The van der Waals surface area contributed by atoms with Crippen molar-refractivity contribution < 1.29 is 4.79 Å². The SMILES string of the molecule is CC1NNC(C(=O)Nc2ccccc2)C1N. The van der Waals surface area contributed by atoms with Gasteiger partial charge in [0.25, 0.3) is 0 Å². The maximum Gasteiger partial charge on any atom is 0.244 e. The van der Waals surface area contributed by atoms with E-state index in [0.29, 0.717) is 0 Å². The highest BCUT2D eigenvalue weighted by molar-refractivity contribution is 5.95. The van der Waals surface area contributed by atoms with Gasteiger partial charge in [-0.2, -0.15) is 0 Å². The highest BCUT2D eigenvalue weighted by Crippen LogP contribution is 2.09.